The number of amides is 2. The first kappa shape index (κ1) is 16.3. The Kier molecular flexibility index (Phi) is 5.19. The zero-order valence-electron chi connectivity index (χ0n) is 11.7. The van der Waals surface area contributed by atoms with Gasteiger partial charge in [0.2, 0.25) is 0 Å². The van der Waals surface area contributed by atoms with E-state index in [0.717, 1.165) is 24.3 Å². The number of primary amides is 1. The second-order valence-electron chi connectivity index (χ2n) is 4.49. The lowest BCUT2D eigenvalue weighted by molar-refractivity contribution is 0.249. The van der Waals surface area contributed by atoms with Crippen LogP contribution < -0.4 is 15.9 Å². The molecule has 8 heteroatoms. The molecule has 0 aliphatic carbocycles. The average Bonchev–Trinajstić information content (AvgIpc) is 2.45. The van der Waals surface area contributed by atoms with E-state index in [2.05, 4.69) is 5.10 Å². The zero-order chi connectivity index (χ0) is 16.8. The molecular formula is C15H12F3N3O2. The standard InChI is InChI=1S/C15H12F3N3O2/c16-11-3-10(4-12(17)6-11)8-23-14-2-1-9(5-13(14)18)7-20-21-15(19)22/h1-7H,8H2,(H3,19,21,22). The summed E-state index contributed by atoms with van der Waals surface area (Å²) in [6.07, 6.45) is 1.19. The van der Waals surface area contributed by atoms with Gasteiger partial charge in [-0.1, -0.05) is 0 Å². The molecule has 3 N–H and O–H groups in total. The molecule has 2 amide bonds. The van der Waals surface area contributed by atoms with Crippen LogP contribution in [-0.4, -0.2) is 12.2 Å². The third-order valence-electron chi connectivity index (χ3n) is 2.66. The molecule has 0 unspecified atom stereocenters. The van der Waals surface area contributed by atoms with Crippen molar-refractivity contribution in [1.82, 2.24) is 5.43 Å². The lowest BCUT2D eigenvalue weighted by Gasteiger charge is -2.08. The number of nitrogens with zero attached hydrogens (tertiary/aromatic N) is 1. The molecule has 0 spiro atoms. The first-order chi connectivity index (χ1) is 10.9. The maximum atomic E-state index is 13.9. The number of benzene rings is 2. The largest absolute Gasteiger partial charge is 0.486 e. The van der Waals surface area contributed by atoms with Gasteiger partial charge in [-0.25, -0.2) is 23.4 Å². The van der Waals surface area contributed by atoms with Gasteiger partial charge in [0, 0.05) is 6.07 Å². The Balaban J connectivity index is 2.03. The van der Waals surface area contributed by atoms with E-state index in [4.69, 9.17) is 10.5 Å². The van der Waals surface area contributed by atoms with Crippen molar-refractivity contribution in [2.45, 2.75) is 6.61 Å². The van der Waals surface area contributed by atoms with E-state index >= 15 is 0 Å². The second-order valence-corrected chi connectivity index (χ2v) is 4.49. The van der Waals surface area contributed by atoms with Crippen LogP contribution in [0.2, 0.25) is 0 Å². The van der Waals surface area contributed by atoms with Crippen molar-refractivity contribution in [2.24, 2.45) is 10.8 Å². The summed E-state index contributed by atoms with van der Waals surface area (Å²) < 4.78 is 45.1. The van der Waals surface area contributed by atoms with Gasteiger partial charge in [-0.05, 0) is 41.5 Å². The van der Waals surface area contributed by atoms with E-state index in [9.17, 15) is 18.0 Å². The maximum Gasteiger partial charge on any atom is 0.332 e. The van der Waals surface area contributed by atoms with Crippen LogP contribution in [0.5, 0.6) is 5.75 Å². The summed E-state index contributed by atoms with van der Waals surface area (Å²) in [5, 5.41) is 3.48. The molecule has 23 heavy (non-hydrogen) atoms. The number of nitrogens with two attached hydrogens (primary N) is 1. The van der Waals surface area contributed by atoms with E-state index in [0.29, 0.717) is 5.56 Å². The van der Waals surface area contributed by atoms with Crippen LogP contribution in [0.3, 0.4) is 0 Å². The number of hydrogen-bond acceptors (Lipinski definition) is 3. The summed E-state index contributed by atoms with van der Waals surface area (Å²) in [5.41, 5.74) is 7.38. The number of rotatable bonds is 5. The normalized spacial score (nSPS) is 10.7. The molecule has 2 rings (SSSR count). The number of carbonyl (C=O) groups is 1. The Morgan fingerprint density at radius 3 is 2.48 bits per heavy atom. The van der Waals surface area contributed by atoms with Gasteiger partial charge in [0.25, 0.3) is 0 Å². The van der Waals surface area contributed by atoms with Crippen LogP contribution >= 0.6 is 0 Å². The molecular weight excluding hydrogens is 311 g/mol. The van der Waals surface area contributed by atoms with Gasteiger partial charge < -0.3 is 10.5 Å². The lowest BCUT2D eigenvalue weighted by atomic mass is 10.2. The molecule has 0 radical (unpaired) electrons. The van der Waals surface area contributed by atoms with Crippen molar-refractivity contribution in [3.63, 3.8) is 0 Å². The van der Waals surface area contributed by atoms with Crippen LogP contribution in [0.4, 0.5) is 18.0 Å². The predicted molar refractivity (Wildman–Crippen MR) is 77.4 cm³/mol. The number of hydrazone groups is 1. The monoisotopic (exact) mass is 323 g/mol. The predicted octanol–water partition coefficient (Wildman–Crippen LogP) is 2.69. The van der Waals surface area contributed by atoms with E-state index in [-0.39, 0.29) is 17.9 Å². The molecule has 0 atom stereocenters. The van der Waals surface area contributed by atoms with Crippen LogP contribution in [0, 0.1) is 17.5 Å². The highest BCUT2D eigenvalue weighted by Gasteiger charge is 2.06. The lowest BCUT2D eigenvalue weighted by Crippen LogP contribution is -2.24. The molecule has 2 aromatic rings. The first-order valence-electron chi connectivity index (χ1n) is 6.40. The molecule has 0 heterocycles. The van der Waals surface area contributed by atoms with Crippen molar-refractivity contribution < 1.29 is 22.7 Å². The summed E-state index contributed by atoms with van der Waals surface area (Å²) in [5.74, 6) is -2.25. The van der Waals surface area contributed by atoms with Crippen LogP contribution in [-0.2, 0) is 6.61 Å². The third kappa shape index (κ3) is 5.03. The van der Waals surface area contributed by atoms with E-state index in [1.165, 1.54) is 18.3 Å². The Morgan fingerprint density at radius 2 is 1.87 bits per heavy atom. The summed E-state index contributed by atoms with van der Waals surface area (Å²) in [7, 11) is 0. The van der Waals surface area contributed by atoms with Crippen molar-refractivity contribution in [1.29, 1.82) is 0 Å². The third-order valence-corrected chi connectivity index (χ3v) is 2.66. The number of halogens is 3. The quantitative estimate of drug-likeness (QED) is 0.655. The summed E-state index contributed by atoms with van der Waals surface area (Å²) in [6, 6.07) is 6.01. The van der Waals surface area contributed by atoms with Gasteiger partial charge in [-0.15, -0.1) is 0 Å². The van der Waals surface area contributed by atoms with Crippen molar-refractivity contribution in [2.75, 3.05) is 0 Å². The highest BCUT2D eigenvalue weighted by molar-refractivity contribution is 5.81. The molecule has 120 valence electrons. The van der Waals surface area contributed by atoms with Gasteiger partial charge in [-0.2, -0.15) is 5.10 Å². The fourth-order valence-electron chi connectivity index (χ4n) is 1.74. The second kappa shape index (κ2) is 7.30. The van der Waals surface area contributed by atoms with Crippen molar-refractivity contribution in [3.8, 4) is 5.75 Å². The van der Waals surface area contributed by atoms with E-state index in [1.54, 1.807) is 0 Å². The summed E-state index contributed by atoms with van der Waals surface area (Å²) in [4.78, 5) is 10.4. The topological polar surface area (TPSA) is 76.7 Å². The van der Waals surface area contributed by atoms with Gasteiger partial charge in [0.1, 0.15) is 18.2 Å². The number of ether oxygens (including phenoxy) is 1. The number of nitrogens with one attached hydrogen (secondary N) is 1. The molecule has 0 saturated carbocycles. The van der Waals surface area contributed by atoms with E-state index in [1.807, 2.05) is 5.43 Å². The number of urea groups is 1. The maximum absolute atomic E-state index is 13.9. The minimum atomic E-state index is -0.844. The van der Waals surface area contributed by atoms with Gasteiger partial charge in [-0.3, -0.25) is 0 Å². The van der Waals surface area contributed by atoms with Crippen molar-refractivity contribution >= 4 is 12.2 Å². The average molecular weight is 323 g/mol. The number of carbonyl (C=O) groups excluding carboxylic acids is 1. The zero-order valence-corrected chi connectivity index (χ0v) is 11.7. The minimum absolute atomic E-state index is 0.0883. The summed E-state index contributed by atoms with van der Waals surface area (Å²) >= 11 is 0. The fraction of sp³-hybridized carbons (Fsp3) is 0.0667. The molecule has 0 bridgehead atoms. The Bertz CT molecular complexity index is 730. The van der Waals surface area contributed by atoms with Gasteiger partial charge >= 0.3 is 6.03 Å². The first-order valence-corrected chi connectivity index (χ1v) is 6.40. The van der Waals surface area contributed by atoms with Crippen LogP contribution in [0.25, 0.3) is 0 Å². The molecule has 0 aromatic heterocycles. The smallest absolute Gasteiger partial charge is 0.332 e. The minimum Gasteiger partial charge on any atom is -0.486 e. The van der Waals surface area contributed by atoms with Crippen LogP contribution in [0.1, 0.15) is 11.1 Å². The molecule has 0 fully saturated rings. The summed E-state index contributed by atoms with van der Waals surface area (Å²) in [6.45, 7) is -0.192. The Morgan fingerprint density at radius 1 is 1.17 bits per heavy atom. The number of hydrogen-bond donors (Lipinski definition) is 2. The molecule has 0 aliphatic rings. The Labute approximate surface area is 129 Å². The fourth-order valence-corrected chi connectivity index (χ4v) is 1.74. The van der Waals surface area contributed by atoms with Crippen LogP contribution in [0.15, 0.2) is 41.5 Å². The van der Waals surface area contributed by atoms with Gasteiger partial charge in [0.15, 0.2) is 11.6 Å². The highest BCUT2D eigenvalue weighted by atomic mass is 19.1. The SMILES string of the molecule is NC(=O)NN=Cc1ccc(OCc2cc(F)cc(F)c2)c(F)c1. The molecule has 0 saturated heterocycles. The van der Waals surface area contributed by atoms with E-state index < -0.39 is 23.5 Å². The Hall–Kier alpha value is -3.03. The highest BCUT2D eigenvalue weighted by Crippen LogP contribution is 2.19. The van der Waals surface area contributed by atoms with Crippen molar-refractivity contribution in [3.05, 3.63) is 65.0 Å². The van der Waals surface area contributed by atoms with Gasteiger partial charge in [0.05, 0.1) is 6.21 Å². The molecule has 0 aliphatic heterocycles. The molecule has 2 aromatic carbocycles. The molecule has 5 nitrogen and oxygen atoms in total.